The predicted octanol–water partition coefficient (Wildman–Crippen LogP) is 2.03. The highest BCUT2D eigenvalue weighted by molar-refractivity contribution is 5.79. The fourth-order valence-electron chi connectivity index (χ4n) is 1.36. The Labute approximate surface area is 114 Å². The highest BCUT2D eigenvalue weighted by atomic mass is 16.6. The minimum atomic E-state index is -1.06. The number of aliphatic carboxylic acids is 1. The Morgan fingerprint density at radius 3 is 2.21 bits per heavy atom. The van der Waals surface area contributed by atoms with Crippen molar-refractivity contribution in [2.75, 3.05) is 13.2 Å². The zero-order valence-electron chi connectivity index (χ0n) is 12.4. The highest BCUT2D eigenvalue weighted by Gasteiger charge is 2.21. The van der Waals surface area contributed by atoms with Gasteiger partial charge in [-0.15, -0.1) is 0 Å². The Morgan fingerprint density at radius 2 is 1.79 bits per heavy atom. The van der Waals surface area contributed by atoms with Crippen LogP contribution in [0.1, 0.15) is 41.0 Å². The fraction of sp³-hybridized carbons (Fsp3) is 0.846. The van der Waals surface area contributed by atoms with Crippen molar-refractivity contribution in [2.24, 2.45) is 5.92 Å². The van der Waals surface area contributed by atoms with Crippen molar-refractivity contribution in [1.82, 2.24) is 5.32 Å². The molecule has 0 saturated carbocycles. The molecule has 1 atom stereocenters. The third kappa shape index (κ3) is 10.3. The number of hydrogen-bond donors (Lipinski definition) is 2. The molecule has 0 fully saturated rings. The van der Waals surface area contributed by atoms with E-state index in [4.69, 9.17) is 14.6 Å². The number of ether oxygens (including phenoxy) is 2. The summed E-state index contributed by atoms with van der Waals surface area (Å²) in [6.45, 7) is 9.85. The zero-order valence-corrected chi connectivity index (χ0v) is 12.4. The Bertz CT molecular complexity index is 296. The van der Waals surface area contributed by atoms with Crippen molar-refractivity contribution in [1.29, 1.82) is 0 Å². The highest BCUT2D eigenvalue weighted by Crippen LogP contribution is 2.06. The second-order valence-corrected chi connectivity index (χ2v) is 5.76. The van der Waals surface area contributed by atoms with E-state index in [0.717, 1.165) is 0 Å². The summed E-state index contributed by atoms with van der Waals surface area (Å²) in [6, 6.07) is -0.920. The van der Waals surface area contributed by atoms with E-state index in [1.165, 1.54) is 0 Å². The fourth-order valence-corrected chi connectivity index (χ4v) is 1.36. The average molecular weight is 275 g/mol. The van der Waals surface area contributed by atoms with Gasteiger partial charge in [0.2, 0.25) is 0 Å². The van der Waals surface area contributed by atoms with Crippen molar-refractivity contribution in [3.8, 4) is 0 Å². The van der Waals surface area contributed by atoms with Crippen LogP contribution in [0, 0.1) is 5.92 Å². The number of carbonyl (C=O) groups is 2. The molecule has 1 amide bonds. The Balaban J connectivity index is 3.97. The van der Waals surface area contributed by atoms with Crippen LogP contribution < -0.4 is 5.32 Å². The molecule has 112 valence electrons. The van der Waals surface area contributed by atoms with Crippen molar-refractivity contribution in [2.45, 2.75) is 52.7 Å². The summed E-state index contributed by atoms with van der Waals surface area (Å²) in [4.78, 5) is 22.3. The summed E-state index contributed by atoms with van der Waals surface area (Å²) in [5.74, 6) is -0.887. The van der Waals surface area contributed by atoms with Crippen LogP contribution in [0.5, 0.6) is 0 Å². The molecular formula is C13H25NO5. The minimum absolute atomic E-state index is 0.0944. The van der Waals surface area contributed by atoms with Gasteiger partial charge in [-0.25, -0.2) is 9.59 Å². The molecule has 0 rings (SSSR count). The van der Waals surface area contributed by atoms with Gasteiger partial charge in [-0.3, -0.25) is 0 Å². The zero-order chi connectivity index (χ0) is 15.1. The second-order valence-electron chi connectivity index (χ2n) is 5.76. The van der Waals surface area contributed by atoms with Gasteiger partial charge in [0.05, 0.1) is 12.2 Å². The third-order valence-corrected chi connectivity index (χ3v) is 2.15. The van der Waals surface area contributed by atoms with Crippen LogP contribution >= 0.6 is 0 Å². The summed E-state index contributed by atoms with van der Waals surface area (Å²) < 4.78 is 10.2. The second kappa shape index (κ2) is 7.99. The van der Waals surface area contributed by atoms with Crippen LogP contribution in [0.4, 0.5) is 4.79 Å². The quantitative estimate of drug-likeness (QED) is 0.694. The summed E-state index contributed by atoms with van der Waals surface area (Å²) >= 11 is 0. The van der Waals surface area contributed by atoms with Crippen LogP contribution in [-0.2, 0) is 14.3 Å². The van der Waals surface area contributed by atoms with E-state index < -0.39 is 18.1 Å². The normalized spacial score (nSPS) is 13.2. The number of carboxylic acid groups (broad SMARTS) is 1. The molecule has 0 bridgehead atoms. The molecule has 0 saturated heterocycles. The number of carboxylic acids is 1. The molecule has 0 aromatic rings. The van der Waals surface area contributed by atoms with Crippen molar-refractivity contribution in [3.05, 3.63) is 0 Å². The smallest absolute Gasteiger partial charge is 0.407 e. The lowest BCUT2D eigenvalue weighted by Gasteiger charge is -2.20. The molecule has 6 heteroatoms. The maximum Gasteiger partial charge on any atom is 0.407 e. The van der Waals surface area contributed by atoms with Crippen molar-refractivity contribution >= 4 is 12.1 Å². The van der Waals surface area contributed by atoms with Gasteiger partial charge < -0.3 is 19.9 Å². The number of carbonyl (C=O) groups excluding carboxylic acids is 1. The third-order valence-electron chi connectivity index (χ3n) is 2.15. The van der Waals surface area contributed by atoms with Gasteiger partial charge in [-0.05, 0) is 33.1 Å². The molecule has 2 N–H and O–H groups in total. The topological polar surface area (TPSA) is 84.9 Å². The molecule has 19 heavy (non-hydrogen) atoms. The molecule has 6 nitrogen and oxygen atoms in total. The molecule has 0 aromatic heterocycles. The molecule has 0 aliphatic rings. The van der Waals surface area contributed by atoms with E-state index in [0.29, 0.717) is 6.42 Å². The first-order valence-electron chi connectivity index (χ1n) is 6.42. The molecule has 0 aliphatic heterocycles. The van der Waals surface area contributed by atoms with E-state index >= 15 is 0 Å². The number of amides is 1. The molecule has 0 aliphatic carbocycles. The van der Waals surface area contributed by atoms with E-state index in [1.807, 2.05) is 34.6 Å². The van der Waals surface area contributed by atoms with Crippen LogP contribution in [0.3, 0.4) is 0 Å². The lowest BCUT2D eigenvalue weighted by Crippen LogP contribution is -2.42. The van der Waals surface area contributed by atoms with Crippen molar-refractivity contribution in [3.63, 3.8) is 0 Å². The van der Waals surface area contributed by atoms with Crippen LogP contribution in [0.2, 0.25) is 0 Å². The molecule has 0 aromatic carbocycles. The Kier molecular flexibility index (Phi) is 7.44. The lowest BCUT2D eigenvalue weighted by molar-refractivity contribution is -0.139. The number of alkyl carbamates (subject to hydrolysis) is 1. The van der Waals surface area contributed by atoms with Gasteiger partial charge in [-0.2, -0.15) is 0 Å². The van der Waals surface area contributed by atoms with Gasteiger partial charge in [0, 0.05) is 0 Å². The molecular weight excluding hydrogens is 250 g/mol. The molecule has 0 spiro atoms. The average Bonchev–Trinajstić information content (AvgIpc) is 2.21. The van der Waals surface area contributed by atoms with Gasteiger partial charge in [0.15, 0.2) is 0 Å². The Hall–Kier alpha value is -1.30. The first kappa shape index (κ1) is 17.7. The first-order valence-corrected chi connectivity index (χ1v) is 6.42. The number of rotatable bonds is 7. The maximum absolute atomic E-state index is 11.4. The molecule has 0 radical (unpaired) electrons. The maximum atomic E-state index is 11.4. The summed E-state index contributed by atoms with van der Waals surface area (Å²) in [6.07, 6.45) is -0.367. The summed E-state index contributed by atoms with van der Waals surface area (Å²) in [5.41, 5.74) is -0.291. The monoisotopic (exact) mass is 275 g/mol. The molecule has 0 heterocycles. The number of nitrogens with one attached hydrogen (secondary N) is 1. The van der Waals surface area contributed by atoms with Gasteiger partial charge in [0.1, 0.15) is 12.6 Å². The van der Waals surface area contributed by atoms with Gasteiger partial charge in [0.25, 0.3) is 0 Å². The van der Waals surface area contributed by atoms with Crippen LogP contribution in [-0.4, -0.2) is 42.0 Å². The predicted molar refractivity (Wildman–Crippen MR) is 71.1 cm³/mol. The standard InChI is InChI=1S/C13H25NO5/c1-9(2)8-10(11(15)16)14-12(17)18-6-7-19-13(3,4)5/h9-10H,6-8H2,1-5H3,(H,14,17)(H,15,16)/t10-/m0/s1. The lowest BCUT2D eigenvalue weighted by atomic mass is 10.0. The molecule has 0 unspecified atom stereocenters. The van der Waals surface area contributed by atoms with E-state index in [2.05, 4.69) is 5.32 Å². The van der Waals surface area contributed by atoms with E-state index in [-0.39, 0.29) is 24.7 Å². The van der Waals surface area contributed by atoms with E-state index in [1.54, 1.807) is 0 Å². The summed E-state index contributed by atoms with van der Waals surface area (Å²) in [5, 5.41) is 11.3. The number of hydrogen-bond acceptors (Lipinski definition) is 4. The summed E-state index contributed by atoms with van der Waals surface area (Å²) in [7, 11) is 0. The van der Waals surface area contributed by atoms with Crippen LogP contribution in [0.15, 0.2) is 0 Å². The Morgan fingerprint density at radius 1 is 1.21 bits per heavy atom. The van der Waals surface area contributed by atoms with Gasteiger partial charge >= 0.3 is 12.1 Å². The largest absolute Gasteiger partial charge is 0.480 e. The SMILES string of the molecule is CC(C)C[C@H](NC(=O)OCCOC(C)(C)C)C(=O)O. The van der Waals surface area contributed by atoms with E-state index in [9.17, 15) is 9.59 Å². The first-order chi connectivity index (χ1) is 8.61. The van der Waals surface area contributed by atoms with Crippen LogP contribution in [0.25, 0.3) is 0 Å². The van der Waals surface area contributed by atoms with Crippen molar-refractivity contribution < 1.29 is 24.2 Å². The minimum Gasteiger partial charge on any atom is -0.480 e. The van der Waals surface area contributed by atoms with Gasteiger partial charge in [-0.1, -0.05) is 13.8 Å².